The molecule has 3 heteroatoms. The largest absolute Gasteiger partial charge is 0.102 e. The van der Waals surface area contributed by atoms with Gasteiger partial charge in [-0.05, 0) is 31.0 Å². The minimum atomic E-state index is -0.155. The van der Waals surface area contributed by atoms with Crippen LogP contribution >= 0.6 is 36.3 Å². The predicted molar refractivity (Wildman–Crippen MR) is 44.4 cm³/mol. The number of hydrogen-bond donors (Lipinski definition) is 0. The maximum absolute atomic E-state index is 3.64. The van der Waals surface area contributed by atoms with E-state index in [1.165, 1.54) is 0 Å². The Hall–Kier alpha value is 1.13. The maximum atomic E-state index is 3.64. The van der Waals surface area contributed by atoms with Crippen molar-refractivity contribution in [3.8, 4) is 0 Å². The van der Waals surface area contributed by atoms with Crippen LogP contribution in [0.15, 0.2) is 12.7 Å². The van der Waals surface area contributed by atoms with Gasteiger partial charge in [-0.2, -0.15) is 0 Å². The topological polar surface area (TPSA) is 0 Å². The Morgan fingerprint density at radius 2 is 2.14 bits per heavy atom. The summed E-state index contributed by atoms with van der Waals surface area (Å²) in [7, 11) is 0. The molecule has 0 N–H and O–H groups in total. The van der Waals surface area contributed by atoms with Gasteiger partial charge >= 0.3 is 0 Å². The molecule has 0 aromatic heterocycles. The molecule has 0 aromatic carbocycles. The van der Waals surface area contributed by atoms with E-state index in [9.17, 15) is 0 Å². The summed E-state index contributed by atoms with van der Waals surface area (Å²) in [6.07, 6.45) is 1.93. The average molecular weight is 246 g/mol. The second-order valence-corrected chi connectivity index (χ2v) is 10.0. The molecule has 0 amide bonds. The van der Waals surface area contributed by atoms with Crippen LogP contribution in [0.4, 0.5) is 0 Å². The Labute approximate surface area is 61.6 Å². The van der Waals surface area contributed by atoms with Gasteiger partial charge in [0.1, 0.15) is 0 Å². The summed E-state index contributed by atoms with van der Waals surface area (Å²) in [5.74, 6) is 0. The van der Waals surface area contributed by atoms with Gasteiger partial charge in [0.15, 0.2) is 0 Å². The third kappa shape index (κ3) is 3.69. The smallest absolute Gasteiger partial charge is 0.0413 e. The zero-order valence-corrected chi connectivity index (χ0v) is 8.13. The van der Waals surface area contributed by atoms with Gasteiger partial charge in [-0.3, -0.25) is 0 Å². The minimum absolute atomic E-state index is 0.155. The second kappa shape index (κ2) is 4.05. The normalized spacial score (nSPS) is 14.3. The monoisotopic (exact) mass is 244 g/mol. The van der Waals surface area contributed by atoms with Gasteiger partial charge in [0, 0.05) is 11.0 Å². The van der Waals surface area contributed by atoms with E-state index in [1.807, 2.05) is 6.08 Å². The summed E-state index contributed by atoms with van der Waals surface area (Å²) in [6.45, 7) is 5.75. The molecule has 0 nitrogen and oxygen atoms in total. The summed E-state index contributed by atoms with van der Waals surface area (Å²) >= 11 is 6.82. The predicted octanol–water partition coefficient (Wildman–Crippen LogP) is 3.66. The zero-order chi connectivity index (χ0) is 5.86. The van der Waals surface area contributed by atoms with E-state index >= 15 is 0 Å². The molecule has 0 heterocycles. The Morgan fingerprint density at radius 3 is 2.14 bits per heavy atom. The van der Waals surface area contributed by atoms with Crippen LogP contribution in [0.25, 0.3) is 0 Å². The van der Waals surface area contributed by atoms with Crippen LogP contribution < -0.4 is 0 Å². The van der Waals surface area contributed by atoms with Crippen LogP contribution in [0.3, 0.4) is 0 Å². The number of hydrogen-bond acceptors (Lipinski definition) is 0. The van der Waals surface area contributed by atoms with Crippen LogP contribution in [0, 0.1) is 0 Å². The van der Waals surface area contributed by atoms with Crippen molar-refractivity contribution in [2.45, 2.75) is 12.6 Å². The Bertz CT molecular complexity index is 62.7. The summed E-state index contributed by atoms with van der Waals surface area (Å²) in [6, 6.07) is 0. The molecule has 0 saturated heterocycles. The lowest BCUT2D eigenvalue weighted by atomic mass is 10.5. The van der Waals surface area contributed by atoms with Crippen LogP contribution in [0.2, 0.25) is 0 Å². The molecule has 0 aliphatic rings. The summed E-state index contributed by atoms with van der Waals surface area (Å²) in [4.78, 5) is 0. The van der Waals surface area contributed by atoms with Crippen molar-refractivity contribution in [3.63, 3.8) is 0 Å². The highest BCUT2D eigenvalue weighted by atomic mass is 79.9. The van der Waals surface area contributed by atoms with Crippen molar-refractivity contribution in [2.75, 3.05) is 0 Å². The van der Waals surface area contributed by atoms with E-state index < -0.39 is 0 Å². The van der Waals surface area contributed by atoms with Crippen molar-refractivity contribution < 1.29 is 0 Å². The Kier molecular flexibility index (Phi) is 4.71. The lowest BCUT2D eigenvalue weighted by Crippen LogP contribution is -1.82. The molecule has 0 fully saturated rings. The van der Waals surface area contributed by atoms with E-state index in [4.69, 9.17) is 0 Å². The first-order valence-corrected chi connectivity index (χ1v) is 7.36. The molecule has 0 bridgehead atoms. The highest BCUT2D eigenvalue weighted by Crippen LogP contribution is 2.56. The van der Waals surface area contributed by atoms with Gasteiger partial charge in [-0.15, -0.1) is 6.58 Å². The van der Waals surface area contributed by atoms with Crippen molar-refractivity contribution in [2.24, 2.45) is 0 Å². The molecule has 0 aliphatic heterocycles. The number of halogens is 2. The SMILES string of the molecule is C=CC(C)P(Br)Br. The number of rotatable bonds is 2. The first kappa shape index (κ1) is 8.13. The summed E-state index contributed by atoms with van der Waals surface area (Å²) in [5, 5.41) is -0.155. The first-order valence-electron chi connectivity index (χ1n) is 1.92. The highest BCUT2D eigenvalue weighted by molar-refractivity contribution is 9.69. The summed E-state index contributed by atoms with van der Waals surface area (Å²) < 4.78 is 0. The zero-order valence-electron chi connectivity index (χ0n) is 4.06. The van der Waals surface area contributed by atoms with E-state index in [1.54, 1.807) is 0 Å². The molecule has 1 unspecified atom stereocenters. The highest BCUT2D eigenvalue weighted by Gasteiger charge is 2.02. The molecule has 7 heavy (non-hydrogen) atoms. The fraction of sp³-hybridized carbons (Fsp3) is 0.500. The van der Waals surface area contributed by atoms with Crippen molar-refractivity contribution in [3.05, 3.63) is 12.7 Å². The molecule has 42 valence electrons. The third-order valence-electron chi connectivity index (χ3n) is 0.649. The molecular weight excluding hydrogens is 239 g/mol. The van der Waals surface area contributed by atoms with Gasteiger partial charge in [0.2, 0.25) is 0 Å². The molecule has 0 saturated carbocycles. The van der Waals surface area contributed by atoms with E-state index in [0.29, 0.717) is 5.66 Å². The van der Waals surface area contributed by atoms with Crippen LogP contribution in [0.5, 0.6) is 0 Å². The van der Waals surface area contributed by atoms with Gasteiger partial charge in [0.05, 0.1) is 0 Å². The quantitative estimate of drug-likeness (QED) is 0.515. The lowest BCUT2D eigenvalue weighted by Gasteiger charge is -2.03. The van der Waals surface area contributed by atoms with Crippen LogP contribution in [-0.4, -0.2) is 5.66 Å². The maximum Gasteiger partial charge on any atom is 0.0413 e. The number of allylic oxidation sites excluding steroid dienone is 1. The van der Waals surface area contributed by atoms with Crippen molar-refractivity contribution >= 4 is 36.3 Å². The van der Waals surface area contributed by atoms with Gasteiger partial charge in [-0.25, -0.2) is 0 Å². The minimum Gasteiger partial charge on any atom is -0.102 e. The van der Waals surface area contributed by atoms with Crippen LogP contribution in [0.1, 0.15) is 6.92 Å². The van der Waals surface area contributed by atoms with E-state index in [2.05, 4.69) is 44.5 Å². The van der Waals surface area contributed by atoms with Gasteiger partial charge in [-0.1, -0.05) is 13.0 Å². The van der Waals surface area contributed by atoms with Crippen molar-refractivity contribution in [1.29, 1.82) is 0 Å². The first-order chi connectivity index (χ1) is 3.18. The van der Waals surface area contributed by atoms with E-state index in [0.717, 1.165) is 0 Å². The molecule has 0 aromatic rings. The molecule has 1 atom stereocenters. The third-order valence-corrected chi connectivity index (χ3v) is 5.35. The Balaban J connectivity index is 3.33. The van der Waals surface area contributed by atoms with Gasteiger partial charge in [0.25, 0.3) is 0 Å². The molecule has 0 rings (SSSR count). The molecule has 0 aliphatic carbocycles. The molecular formula is C4H7Br2P. The van der Waals surface area contributed by atoms with E-state index in [-0.39, 0.29) is 5.33 Å². The standard InChI is InChI=1S/C4H7Br2P/c1-3-4(2)7(5)6/h3-4H,1H2,2H3. The molecule has 0 spiro atoms. The average Bonchev–Trinajstić information content (AvgIpc) is 1.65. The van der Waals surface area contributed by atoms with Crippen LogP contribution in [-0.2, 0) is 0 Å². The van der Waals surface area contributed by atoms with Crippen molar-refractivity contribution in [1.82, 2.24) is 0 Å². The second-order valence-electron chi connectivity index (χ2n) is 1.24. The fourth-order valence-electron chi connectivity index (χ4n) is 0.0797. The fourth-order valence-corrected chi connectivity index (χ4v) is 1.24. The lowest BCUT2D eigenvalue weighted by molar-refractivity contribution is 1.25. The summed E-state index contributed by atoms with van der Waals surface area (Å²) in [5.41, 5.74) is 0.565. The van der Waals surface area contributed by atoms with Gasteiger partial charge < -0.3 is 0 Å². The Morgan fingerprint density at radius 1 is 1.71 bits per heavy atom. The molecule has 0 radical (unpaired) electrons.